The maximum atomic E-state index is 12.3. The minimum atomic E-state index is -0.359. The van der Waals surface area contributed by atoms with Crippen molar-refractivity contribution in [2.24, 2.45) is 0 Å². The van der Waals surface area contributed by atoms with E-state index in [4.69, 9.17) is 11.6 Å². The van der Waals surface area contributed by atoms with Gasteiger partial charge in [-0.3, -0.25) is 10.1 Å². The molecule has 0 aliphatic carbocycles. The van der Waals surface area contributed by atoms with Crippen molar-refractivity contribution in [3.8, 4) is 0 Å². The average Bonchev–Trinajstić information content (AvgIpc) is 3.19. The highest BCUT2D eigenvalue weighted by molar-refractivity contribution is 7.22. The molecule has 3 amide bonds. The van der Waals surface area contributed by atoms with Crippen LogP contribution >= 0.6 is 22.9 Å². The molecule has 0 bridgehead atoms. The van der Waals surface area contributed by atoms with E-state index in [9.17, 15) is 9.59 Å². The highest BCUT2D eigenvalue weighted by Gasteiger charge is 2.31. The number of rotatable bonds is 3. The van der Waals surface area contributed by atoms with Gasteiger partial charge in [0.1, 0.15) is 0 Å². The molecule has 0 radical (unpaired) electrons. The van der Waals surface area contributed by atoms with E-state index in [1.54, 1.807) is 29.2 Å². The molecule has 1 aromatic heterocycles. The number of fused-ring (bicyclic) bond motifs is 1. The van der Waals surface area contributed by atoms with Crippen molar-refractivity contribution in [1.82, 2.24) is 10.3 Å². The Balaban J connectivity index is 1.40. The molecule has 1 fully saturated rings. The Bertz CT molecular complexity index is 1020. The van der Waals surface area contributed by atoms with E-state index in [1.165, 1.54) is 11.3 Å². The van der Waals surface area contributed by atoms with Crippen molar-refractivity contribution in [2.45, 2.75) is 19.4 Å². The van der Waals surface area contributed by atoms with Crippen LogP contribution in [-0.4, -0.2) is 29.5 Å². The van der Waals surface area contributed by atoms with Gasteiger partial charge in [0.05, 0.1) is 16.3 Å². The molecule has 1 atom stereocenters. The zero-order chi connectivity index (χ0) is 19.0. The molecule has 1 unspecified atom stereocenters. The zero-order valence-corrected chi connectivity index (χ0v) is 16.1. The Hall–Kier alpha value is -2.64. The SMILES string of the molecule is Cc1cccc2sc(NC(=O)NC3CC(=O)N(c4ccc(Cl)cc4)C3)nc12. The van der Waals surface area contributed by atoms with E-state index in [1.807, 2.05) is 25.1 Å². The summed E-state index contributed by atoms with van der Waals surface area (Å²) < 4.78 is 1.02. The van der Waals surface area contributed by atoms with Crippen LogP contribution in [0.1, 0.15) is 12.0 Å². The molecule has 0 spiro atoms. The first-order chi connectivity index (χ1) is 13.0. The van der Waals surface area contributed by atoms with Crippen molar-refractivity contribution < 1.29 is 9.59 Å². The smallest absolute Gasteiger partial charge is 0.321 e. The average molecular weight is 401 g/mol. The summed E-state index contributed by atoms with van der Waals surface area (Å²) in [7, 11) is 0. The molecule has 4 rings (SSSR count). The number of carbonyl (C=O) groups excluding carboxylic acids is 2. The second kappa shape index (κ2) is 7.17. The van der Waals surface area contributed by atoms with Crippen LogP contribution in [0.25, 0.3) is 10.2 Å². The van der Waals surface area contributed by atoms with E-state index >= 15 is 0 Å². The van der Waals surface area contributed by atoms with Crippen molar-refractivity contribution >= 4 is 55.9 Å². The van der Waals surface area contributed by atoms with Crippen LogP contribution in [0.4, 0.5) is 15.6 Å². The molecule has 2 N–H and O–H groups in total. The van der Waals surface area contributed by atoms with Gasteiger partial charge in [0.15, 0.2) is 5.13 Å². The van der Waals surface area contributed by atoms with Crippen molar-refractivity contribution in [3.05, 3.63) is 53.1 Å². The number of hydrogen-bond acceptors (Lipinski definition) is 4. The lowest BCUT2D eigenvalue weighted by atomic mass is 10.2. The van der Waals surface area contributed by atoms with Gasteiger partial charge in [0, 0.05) is 23.7 Å². The van der Waals surface area contributed by atoms with Crippen LogP contribution in [0.5, 0.6) is 0 Å². The third-order valence-electron chi connectivity index (χ3n) is 4.44. The van der Waals surface area contributed by atoms with Crippen molar-refractivity contribution in [1.29, 1.82) is 0 Å². The predicted octanol–water partition coefficient (Wildman–Crippen LogP) is 4.19. The molecule has 1 aliphatic rings. The Morgan fingerprint density at radius 1 is 1.26 bits per heavy atom. The number of para-hydroxylation sites is 1. The van der Waals surface area contributed by atoms with Gasteiger partial charge in [-0.25, -0.2) is 9.78 Å². The lowest BCUT2D eigenvalue weighted by Crippen LogP contribution is -2.39. The van der Waals surface area contributed by atoms with E-state index in [-0.39, 0.29) is 24.4 Å². The van der Waals surface area contributed by atoms with E-state index in [0.717, 1.165) is 21.5 Å². The number of aryl methyl sites for hydroxylation is 1. The number of benzene rings is 2. The molecule has 1 aliphatic heterocycles. The Labute approximate surface area is 165 Å². The van der Waals surface area contributed by atoms with Gasteiger partial charge in [-0.2, -0.15) is 0 Å². The summed E-state index contributed by atoms with van der Waals surface area (Å²) in [4.78, 5) is 30.7. The first-order valence-electron chi connectivity index (χ1n) is 8.49. The number of aromatic nitrogens is 1. The number of halogens is 1. The van der Waals surface area contributed by atoms with Crippen LogP contribution in [0.3, 0.4) is 0 Å². The van der Waals surface area contributed by atoms with Crippen LogP contribution in [-0.2, 0) is 4.79 Å². The van der Waals surface area contributed by atoms with E-state index in [2.05, 4.69) is 15.6 Å². The van der Waals surface area contributed by atoms with E-state index < -0.39 is 0 Å². The lowest BCUT2D eigenvalue weighted by Gasteiger charge is -2.17. The first-order valence-corrected chi connectivity index (χ1v) is 9.68. The highest BCUT2D eigenvalue weighted by atomic mass is 35.5. The standard InChI is InChI=1S/C19H17ClN4O2S/c1-11-3-2-4-15-17(11)22-19(27-15)23-18(26)21-13-9-16(25)24(10-13)14-7-5-12(20)6-8-14/h2-8,13H,9-10H2,1H3,(H2,21,22,23,26). The minimum absolute atomic E-state index is 0.0294. The molecule has 3 aromatic rings. The molecular weight excluding hydrogens is 384 g/mol. The summed E-state index contributed by atoms with van der Waals surface area (Å²) in [5.41, 5.74) is 2.73. The van der Waals surface area contributed by atoms with Crippen molar-refractivity contribution in [3.63, 3.8) is 0 Å². The molecule has 8 heteroatoms. The Morgan fingerprint density at radius 3 is 2.78 bits per heavy atom. The summed E-state index contributed by atoms with van der Waals surface area (Å²) in [5.74, 6) is -0.0294. The largest absolute Gasteiger partial charge is 0.333 e. The summed E-state index contributed by atoms with van der Waals surface area (Å²) in [5, 5.41) is 6.78. The fraction of sp³-hybridized carbons (Fsp3) is 0.211. The molecule has 1 saturated heterocycles. The number of urea groups is 1. The number of nitrogens with zero attached hydrogens (tertiary/aromatic N) is 2. The maximum Gasteiger partial charge on any atom is 0.321 e. The van der Waals surface area contributed by atoms with Gasteiger partial charge in [0.25, 0.3) is 0 Å². The summed E-state index contributed by atoms with van der Waals surface area (Å²) in [6.07, 6.45) is 0.259. The minimum Gasteiger partial charge on any atom is -0.333 e. The number of hydrogen-bond donors (Lipinski definition) is 2. The number of nitrogens with one attached hydrogen (secondary N) is 2. The number of carbonyl (C=O) groups is 2. The van der Waals surface area contributed by atoms with Crippen LogP contribution in [0.2, 0.25) is 5.02 Å². The Kier molecular flexibility index (Phi) is 4.72. The molecule has 0 saturated carbocycles. The van der Waals surface area contributed by atoms with Crippen LogP contribution in [0, 0.1) is 6.92 Å². The third-order valence-corrected chi connectivity index (χ3v) is 5.63. The Morgan fingerprint density at radius 2 is 2.04 bits per heavy atom. The first kappa shape index (κ1) is 17.8. The molecule has 27 heavy (non-hydrogen) atoms. The van der Waals surface area contributed by atoms with Gasteiger partial charge in [-0.15, -0.1) is 0 Å². The van der Waals surface area contributed by atoms with Gasteiger partial charge in [-0.05, 0) is 42.8 Å². The molecular formula is C19H17ClN4O2S. The lowest BCUT2D eigenvalue weighted by molar-refractivity contribution is -0.117. The predicted molar refractivity (Wildman–Crippen MR) is 109 cm³/mol. The quantitative estimate of drug-likeness (QED) is 0.692. The monoisotopic (exact) mass is 400 g/mol. The highest BCUT2D eigenvalue weighted by Crippen LogP contribution is 2.28. The second-order valence-corrected chi connectivity index (χ2v) is 7.89. The fourth-order valence-corrected chi connectivity index (χ4v) is 4.20. The van der Waals surface area contributed by atoms with Crippen molar-refractivity contribution in [2.75, 3.05) is 16.8 Å². The second-order valence-electron chi connectivity index (χ2n) is 6.42. The summed E-state index contributed by atoms with van der Waals surface area (Å²) in [6.45, 7) is 2.41. The van der Waals surface area contributed by atoms with Gasteiger partial charge in [-0.1, -0.05) is 35.1 Å². The van der Waals surface area contributed by atoms with Gasteiger partial charge >= 0.3 is 6.03 Å². The van der Waals surface area contributed by atoms with Gasteiger partial charge in [0.2, 0.25) is 5.91 Å². The fourth-order valence-electron chi connectivity index (χ4n) is 3.13. The van der Waals surface area contributed by atoms with Gasteiger partial charge < -0.3 is 10.2 Å². The summed E-state index contributed by atoms with van der Waals surface area (Å²) in [6, 6.07) is 12.4. The number of thiazole rings is 1. The zero-order valence-electron chi connectivity index (χ0n) is 14.5. The molecule has 6 nitrogen and oxygen atoms in total. The topological polar surface area (TPSA) is 74.3 Å². The molecule has 2 aromatic carbocycles. The number of anilines is 2. The normalized spacial score (nSPS) is 16.7. The molecule has 2 heterocycles. The van der Waals surface area contributed by atoms with E-state index in [0.29, 0.717) is 16.7 Å². The van der Waals surface area contributed by atoms with Crippen LogP contribution < -0.4 is 15.5 Å². The molecule has 138 valence electrons. The summed E-state index contributed by atoms with van der Waals surface area (Å²) >= 11 is 7.32. The number of amides is 3. The maximum absolute atomic E-state index is 12.3. The van der Waals surface area contributed by atoms with Crippen LogP contribution in [0.15, 0.2) is 42.5 Å². The third kappa shape index (κ3) is 3.74.